The maximum absolute atomic E-state index is 11.6. The van der Waals surface area contributed by atoms with Crippen molar-refractivity contribution in [2.75, 3.05) is 225 Å². The van der Waals surface area contributed by atoms with Crippen LogP contribution in [0.1, 0.15) is 34.6 Å². The molecule has 566 valence electrons. The molecule has 13 N–H and O–H groups in total. The van der Waals surface area contributed by atoms with Crippen LogP contribution in [0.2, 0.25) is 0 Å². The number of aliphatic hydroxyl groups is 9. The van der Waals surface area contributed by atoms with E-state index in [4.69, 9.17) is 99.5 Å². The summed E-state index contributed by atoms with van der Waals surface area (Å²) in [6.07, 6.45) is -15.1. The Bertz CT molecular complexity index is 1740. The lowest BCUT2D eigenvalue weighted by Gasteiger charge is -2.42. The third-order valence-electron chi connectivity index (χ3n) is 14.2. The molecule has 0 aliphatic carbocycles. The van der Waals surface area contributed by atoms with E-state index in [1.165, 1.54) is 20.8 Å². The predicted octanol–water partition coefficient (Wildman–Crippen LogP) is -7.03. The minimum Gasteiger partial charge on any atom is -0.394 e. The van der Waals surface area contributed by atoms with Crippen LogP contribution in [-0.2, 0) is 114 Å². The number of hydrogen-bond donors (Lipinski definition) is 13. The highest BCUT2D eigenvalue weighted by Gasteiger charge is 2.48. The Kier molecular flexibility index (Phi) is 49.1. The van der Waals surface area contributed by atoms with E-state index in [-0.39, 0.29) is 165 Å². The number of amides is 3. The molecular weight excluding hydrogens is 1290 g/mol. The Hall–Kier alpha value is -2.83. The summed E-state index contributed by atoms with van der Waals surface area (Å²) in [5, 5.41) is 101. The fourth-order valence-electron chi connectivity index (χ4n) is 9.25. The Morgan fingerprint density at radius 2 is 0.562 bits per heavy atom. The molecule has 96 heavy (non-hydrogen) atoms. The van der Waals surface area contributed by atoms with Gasteiger partial charge in [0.25, 0.3) is 0 Å². The van der Waals surface area contributed by atoms with Gasteiger partial charge in [-0.15, -0.1) is 0 Å². The molecule has 0 saturated carbocycles. The van der Waals surface area contributed by atoms with Crippen LogP contribution in [0.25, 0.3) is 0 Å². The fourth-order valence-corrected chi connectivity index (χ4v) is 9.25. The summed E-state index contributed by atoms with van der Waals surface area (Å²) in [7, 11) is 0. The summed E-state index contributed by atoms with van der Waals surface area (Å²) in [6, 6.07) is -3.14. The lowest BCUT2D eigenvalue weighted by Crippen LogP contribution is -2.64. The largest absolute Gasteiger partial charge is 0.394 e. The van der Waals surface area contributed by atoms with E-state index >= 15 is 0 Å². The molecule has 3 amide bonds. The van der Waals surface area contributed by atoms with E-state index in [0.29, 0.717) is 46.2 Å². The Labute approximate surface area is 560 Å². The maximum atomic E-state index is 11.6. The van der Waals surface area contributed by atoms with Gasteiger partial charge in [-0.05, 0) is 12.5 Å². The van der Waals surface area contributed by atoms with Crippen molar-refractivity contribution in [2.45, 2.75) is 132 Å². The molecule has 0 aromatic carbocycles. The summed E-state index contributed by atoms with van der Waals surface area (Å²) in [6.45, 7) is 12.4. The van der Waals surface area contributed by atoms with Gasteiger partial charge in [-0.3, -0.25) is 14.4 Å². The topological polar surface area (TPSA) is 475 Å². The molecule has 3 saturated heterocycles. The van der Waals surface area contributed by atoms with E-state index in [1.807, 2.05) is 0 Å². The predicted molar refractivity (Wildman–Crippen MR) is 327 cm³/mol. The lowest BCUT2D eigenvalue weighted by atomic mass is 9.97. The van der Waals surface area contributed by atoms with Crippen LogP contribution >= 0.6 is 0 Å². The van der Waals surface area contributed by atoms with Crippen LogP contribution in [0.15, 0.2) is 0 Å². The van der Waals surface area contributed by atoms with Crippen LogP contribution in [0.4, 0.5) is 0 Å². The quantitative estimate of drug-likeness (QED) is 0.0199. The molecule has 0 bridgehead atoms. The van der Waals surface area contributed by atoms with Gasteiger partial charge in [-0.2, -0.15) is 0 Å². The second-order valence-corrected chi connectivity index (χ2v) is 22.6. The van der Waals surface area contributed by atoms with Gasteiger partial charge < -0.3 is 167 Å². The first kappa shape index (κ1) is 87.4. The van der Waals surface area contributed by atoms with E-state index < -0.39 is 135 Å². The SMILES string of the molecule is CC(=O)NC1[C@H](OCCOCCOCCOCCOCOCC(COCOCCOCCOCCOCCO[C@@H]2OC(CO)[C@H](O)[C@H](O)C2NC(C)=O)(COCOCCOCCOCCOCCO[C@@H]2OC(CO)[C@H](O)[C@H](O)C2NC(C)=O)NCC(C)C)OC(CO)[C@H](O)[C@@H]1O. The average Bonchev–Trinajstić information content (AvgIpc) is 0.834. The van der Waals surface area contributed by atoms with Gasteiger partial charge >= 0.3 is 0 Å². The first-order valence-corrected chi connectivity index (χ1v) is 32.3. The second-order valence-electron chi connectivity index (χ2n) is 22.6. The van der Waals surface area contributed by atoms with Crippen molar-refractivity contribution in [2.24, 2.45) is 5.92 Å². The van der Waals surface area contributed by atoms with Crippen molar-refractivity contribution in [1.82, 2.24) is 21.3 Å². The highest BCUT2D eigenvalue weighted by Crippen LogP contribution is 2.25. The molecule has 0 radical (unpaired) electrons. The molecule has 6 unspecified atom stereocenters. The number of carbonyl (C=O) groups excluding carboxylic acids is 3. The first-order chi connectivity index (χ1) is 46.4. The van der Waals surface area contributed by atoms with Crippen LogP contribution in [0.3, 0.4) is 0 Å². The zero-order valence-electron chi connectivity index (χ0n) is 56.1. The van der Waals surface area contributed by atoms with Gasteiger partial charge in [0.2, 0.25) is 17.7 Å². The fraction of sp³-hybridized carbons (Fsp3) is 0.949. The van der Waals surface area contributed by atoms with Gasteiger partial charge in [-0.25, -0.2) is 0 Å². The molecule has 37 heteroatoms. The molecule has 3 fully saturated rings. The summed E-state index contributed by atoms with van der Waals surface area (Å²) < 4.78 is 119. The lowest BCUT2D eigenvalue weighted by molar-refractivity contribution is -0.272. The van der Waals surface area contributed by atoms with Crippen molar-refractivity contribution in [3.05, 3.63) is 0 Å². The molecule has 3 heterocycles. The van der Waals surface area contributed by atoms with Gasteiger partial charge in [0.1, 0.15) is 93.4 Å². The zero-order chi connectivity index (χ0) is 70.2. The third-order valence-corrected chi connectivity index (χ3v) is 14.2. The third kappa shape index (κ3) is 37.2. The molecule has 37 nitrogen and oxygen atoms in total. The van der Waals surface area contributed by atoms with Gasteiger partial charge in [-0.1, -0.05) is 13.8 Å². The highest BCUT2D eigenvalue weighted by atomic mass is 16.7. The smallest absolute Gasteiger partial charge is 0.217 e. The van der Waals surface area contributed by atoms with Crippen molar-refractivity contribution < 1.29 is 160 Å². The molecule has 3 aliphatic heterocycles. The number of hydrogen-bond acceptors (Lipinski definition) is 34. The molecule has 3 aliphatic rings. The van der Waals surface area contributed by atoms with E-state index in [9.17, 15) is 60.3 Å². The van der Waals surface area contributed by atoms with E-state index in [2.05, 4.69) is 35.1 Å². The van der Waals surface area contributed by atoms with Crippen molar-refractivity contribution >= 4 is 17.7 Å². The summed E-state index contributed by atoms with van der Waals surface area (Å²) in [5.41, 5.74) is -0.865. The monoisotopic (exact) mass is 1400 g/mol. The number of rotatable bonds is 60. The molecular formula is C59H112N4O33. The Morgan fingerprint density at radius 1 is 0.344 bits per heavy atom. The number of nitrogens with one attached hydrogen (secondary N) is 4. The summed E-state index contributed by atoms with van der Waals surface area (Å²) in [4.78, 5) is 34.9. The minimum absolute atomic E-state index is 0.0378. The Morgan fingerprint density at radius 3 is 0.771 bits per heavy atom. The van der Waals surface area contributed by atoms with Gasteiger partial charge in [0, 0.05) is 20.8 Å². The average molecular weight is 1410 g/mol. The van der Waals surface area contributed by atoms with E-state index in [0.717, 1.165) is 0 Å². The standard InChI is InChI=1S/C59H112N4O33/c1-40(2)30-60-59(34-88-37-85-21-18-79-9-6-76-12-15-82-24-27-91-56-47(61-41(3)67)53(73)50(70)44(31-64)94-56,35-89-38-86-22-19-80-10-7-77-13-16-83-25-28-92-57-48(62-42(4)68)54(74)51(71)45(32-65)95-57)36-90-39-87-23-20-81-11-8-78-14-17-84-26-29-93-58-49(63-43(5)69)55(75)52(72)46(33-66)96-58/h40,44-58,60,64-66,70-75H,6-39H2,1-5H3,(H,61,67)(H,62,68)(H,63,69)/t44?,45?,46?,47?,48?,49?,50-,51-,52-,53+,54+,55+,56+,57+,58+,59?/m0/s1. The maximum Gasteiger partial charge on any atom is 0.217 e. The number of ether oxygens (including phenoxy) is 21. The highest BCUT2D eigenvalue weighted by molar-refractivity contribution is 5.74. The normalized spacial score (nSPS) is 26.8. The number of carbonyl (C=O) groups is 3. The van der Waals surface area contributed by atoms with Crippen LogP contribution in [-0.4, -0.2) is 386 Å². The van der Waals surface area contributed by atoms with Crippen LogP contribution < -0.4 is 21.3 Å². The Balaban J connectivity index is 1.31. The summed E-state index contributed by atoms with van der Waals surface area (Å²) in [5.74, 6) is -1.12. The van der Waals surface area contributed by atoms with Gasteiger partial charge in [0.15, 0.2) is 18.9 Å². The first-order valence-electron chi connectivity index (χ1n) is 32.3. The molecule has 3 rings (SSSR count). The van der Waals surface area contributed by atoms with Crippen molar-refractivity contribution in [3.63, 3.8) is 0 Å². The molecule has 0 aromatic rings. The zero-order valence-corrected chi connectivity index (χ0v) is 56.1. The summed E-state index contributed by atoms with van der Waals surface area (Å²) >= 11 is 0. The van der Waals surface area contributed by atoms with Gasteiger partial charge in [0.05, 0.1) is 204 Å². The molecule has 0 aromatic heterocycles. The van der Waals surface area contributed by atoms with Crippen LogP contribution in [0, 0.1) is 5.92 Å². The minimum atomic E-state index is -1.41. The second kappa shape index (κ2) is 53.9. The van der Waals surface area contributed by atoms with Crippen LogP contribution in [0.5, 0.6) is 0 Å². The van der Waals surface area contributed by atoms with Crippen molar-refractivity contribution in [1.29, 1.82) is 0 Å². The van der Waals surface area contributed by atoms with Crippen molar-refractivity contribution in [3.8, 4) is 0 Å². The molecule has 15 atom stereocenters. The van der Waals surface area contributed by atoms with E-state index in [1.54, 1.807) is 0 Å². The molecule has 0 spiro atoms. The number of aliphatic hydroxyl groups excluding tert-OH is 9.